The highest BCUT2D eigenvalue weighted by molar-refractivity contribution is 7.47. The van der Waals surface area contributed by atoms with E-state index in [-0.39, 0.29) is 37.9 Å². The number of nitrogens with one attached hydrogen (secondary N) is 1. The molecule has 462 valence electrons. The van der Waals surface area contributed by atoms with Gasteiger partial charge < -0.3 is 19.4 Å². The smallest absolute Gasteiger partial charge is 0.456 e. The third kappa shape index (κ3) is 59.5. The van der Waals surface area contributed by atoms with E-state index in [2.05, 4.69) is 111 Å². The lowest BCUT2D eigenvalue weighted by atomic mass is 10.0. The van der Waals surface area contributed by atoms with Gasteiger partial charge in [0.05, 0.1) is 33.8 Å². The minimum Gasteiger partial charge on any atom is -0.456 e. The zero-order valence-electron chi connectivity index (χ0n) is 52.8. The Hall–Kier alpha value is -3.07. The Balaban J connectivity index is 5.20. The van der Waals surface area contributed by atoms with Crippen molar-refractivity contribution < 1.29 is 37.3 Å². The number of nitrogens with zero attached hydrogens (tertiary/aromatic N) is 1. The molecule has 1 amide bonds. The molecule has 0 aliphatic rings. The number of unbranched alkanes of at least 4 members (excludes halogenated alkanes) is 29. The first-order valence-corrected chi connectivity index (χ1v) is 34.6. The maximum absolute atomic E-state index is 13.5. The number of hydrogen-bond donors (Lipinski definition) is 2. The summed E-state index contributed by atoms with van der Waals surface area (Å²) >= 11 is 0. The molecule has 10 heteroatoms. The molecule has 0 heterocycles. The quantitative estimate of drug-likeness (QED) is 0.0205. The molecule has 2 N–H and O–H groups in total. The van der Waals surface area contributed by atoms with Crippen LogP contribution in [-0.4, -0.2) is 74.3 Å². The van der Waals surface area contributed by atoms with Gasteiger partial charge in [-0.2, -0.15) is 0 Å². The molecule has 0 spiro atoms. The number of likely N-dealkylation sites (N-methyl/N-ethyl adjacent to an activating group) is 1. The molecule has 0 aromatic carbocycles. The number of rotatable bonds is 59. The van der Waals surface area contributed by atoms with Gasteiger partial charge in [-0.1, -0.05) is 260 Å². The molecular weight excluding hydrogens is 1010 g/mol. The highest BCUT2D eigenvalue weighted by Gasteiger charge is 2.30. The van der Waals surface area contributed by atoms with Crippen LogP contribution in [0, 0.1) is 0 Å². The highest BCUT2D eigenvalue weighted by Crippen LogP contribution is 2.43. The second kappa shape index (κ2) is 59.1. The molecule has 0 rings (SSSR count). The van der Waals surface area contributed by atoms with Gasteiger partial charge in [-0.15, -0.1) is 0 Å². The number of quaternary nitrogens is 1. The minimum absolute atomic E-state index is 0.0263. The molecule has 0 aliphatic carbocycles. The summed E-state index contributed by atoms with van der Waals surface area (Å²) in [5, 5.41) is 3.02. The monoisotopic (exact) mass is 1140 g/mol. The van der Waals surface area contributed by atoms with Crippen LogP contribution < -0.4 is 5.32 Å². The highest BCUT2D eigenvalue weighted by atomic mass is 31.2. The number of phosphoric acid groups is 1. The predicted molar refractivity (Wildman–Crippen MR) is 346 cm³/mol. The van der Waals surface area contributed by atoms with Crippen molar-refractivity contribution in [1.82, 2.24) is 5.32 Å². The van der Waals surface area contributed by atoms with Gasteiger partial charge in [0, 0.05) is 12.8 Å². The van der Waals surface area contributed by atoms with Crippen molar-refractivity contribution in [3.63, 3.8) is 0 Å². The number of phosphoric ester groups is 1. The number of carbonyl (C=O) groups excluding carboxylic acids is 2. The Morgan fingerprint density at radius 1 is 0.438 bits per heavy atom. The first-order chi connectivity index (χ1) is 38.9. The van der Waals surface area contributed by atoms with E-state index in [0.717, 1.165) is 77.0 Å². The van der Waals surface area contributed by atoms with Gasteiger partial charge in [0.1, 0.15) is 19.3 Å². The van der Waals surface area contributed by atoms with Crippen LogP contribution in [0.25, 0.3) is 0 Å². The summed E-state index contributed by atoms with van der Waals surface area (Å²) in [5.74, 6) is -0.572. The standard InChI is InChI=1S/C70H125N2O7P/c1-7-10-13-16-19-22-25-28-30-32-33-34-35-36-37-38-39-41-43-45-48-51-54-57-60-63-70(74)79-68(61-58-55-52-49-46-27-24-21-18-15-12-9-3)67(66-78-80(75,76)77-65-64-72(4,5)6)71-69(73)62-59-56-53-50-47-44-42-40-31-29-26-23-20-17-14-11-8-2/h19-20,22-23,28-31,33-34,42,44,50,53,58,61,67-68H,7-18,21,24-27,32,35-41,43,45-49,51-52,54-57,59-60,62-66H2,1-6H3,(H-,71,73,75,76)/p+1/b22-19-,23-20-,30-28-,31-29-,34-33-,44-42-,53-50-,61-58-. The SMILES string of the molecule is CCCCC/C=C\C/C=C\C/C=C\C/C=C\CCCC(=O)NC(COP(=O)(O)OCC[N+](C)(C)C)C(/C=C\CCCCCCCCCCCC)OC(=O)CCCCCCCCCCCCCC/C=C\C/C=C\C/C=C\CCCCC. The first-order valence-electron chi connectivity index (χ1n) is 33.1. The van der Waals surface area contributed by atoms with Crippen LogP contribution in [0.1, 0.15) is 284 Å². The van der Waals surface area contributed by atoms with Crippen LogP contribution in [-0.2, 0) is 27.9 Å². The van der Waals surface area contributed by atoms with Crippen LogP contribution in [0.15, 0.2) is 97.2 Å². The number of esters is 1. The maximum Gasteiger partial charge on any atom is 0.472 e. The minimum atomic E-state index is -4.47. The molecule has 0 aliphatic heterocycles. The second-order valence-electron chi connectivity index (χ2n) is 23.3. The van der Waals surface area contributed by atoms with Crippen molar-refractivity contribution in [2.75, 3.05) is 40.9 Å². The summed E-state index contributed by atoms with van der Waals surface area (Å²) in [7, 11) is 1.45. The molecule has 80 heavy (non-hydrogen) atoms. The zero-order chi connectivity index (χ0) is 58.6. The Bertz CT molecular complexity index is 1690. The van der Waals surface area contributed by atoms with E-state index in [9.17, 15) is 19.0 Å². The number of allylic oxidation sites excluding steroid dienone is 15. The average Bonchev–Trinajstić information content (AvgIpc) is 3.42. The van der Waals surface area contributed by atoms with E-state index < -0.39 is 20.0 Å². The molecule has 9 nitrogen and oxygen atoms in total. The predicted octanol–water partition coefficient (Wildman–Crippen LogP) is 20.7. The van der Waals surface area contributed by atoms with E-state index in [1.165, 1.54) is 167 Å². The van der Waals surface area contributed by atoms with Crippen LogP contribution >= 0.6 is 7.82 Å². The van der Waals surface area contributed by atoms with Crippen molar-refractivity contribution in [2.24, 2.45) is 0 Å². The van der Waals surface area contributed by atoms with E-state index in [1.807, 2.05) is 33.3 Å². The van der Waals surface area contributed by atoms with Gasteiger partial charge in [-0.05, 0) is 109 Å². The van der Waals surface area contributed by atoms with Crippen LogP contribution in [0.2, 0.25) is 0 Å². The van der Waals surface area contributed by atoms with E-state index in [0.29, 0.717) is 17.4 Å². The summed E-state index contributed by atoms with van der Waals surface area (Å²) in [6.07, 6.45) is 79.9. The van der Waals surface area contributed by atoms with Crippen molar-refractivity contribution in [3.8, 4) is 0 Å². The van der Waals surface area contributed by atoms with Gasteiger partial charge in [-0.25, -0.2) is 4.57 Å². The third-order valence-electron chi connectivity index (χ3n) is 14.2. The summed E-state index contributed by atoms with van der Waals surface area (Å²) in [4.78, 5) is 37.8. The molecule has 0 saturated heterocycles. The lowest BCUT2D eigenvalue weighted by Gasteiger charge is -2.27. The number of ether oxygens (including phenoxy) is 1. The fourth-order valence-corrected chi connectivity index (χ4v) is 9.85. The maximum atomic E-state index is 13.5. The lowest BCUT2D eigenvalue weighted by molar-refractivity contribution is -0.870. The number of amides is 1. The zero-order valence-corrected chi connectivity index (χ0v) is 53.7. The lowest BCUT2D eigenvalue weighted by Crippen LogP contribution is -2.47. The largest absolute Gasteiger partial charge is 0.472 e. The van der Waals surface area contributed by atoms with E-state index in [4.69, 9.17) is 13.8 Å². The van der Waals surface area contributed by atoms with E-state index in [1.54, 1.807) is 0 Å². The summed E-state index contributed by atoms with van der Waals surface area (Å²) in [6, 6.07) is -0.883. The molecule has 0 bridgehead atoms. The van der Waals surface area contributed by atoms with Crippen molar-refractivity contribution >= 4 is 19.7 Å². The molecule has 3 unspecified atom stereocenters. The van der Waals surface area contributed by atoms with Crippen LogP contribution in [0.3, 0.4) is 0 Å². The summed E-state index contributed by atoms with van der Waals surface area (Å²) < 4.78 is 30.7. The summed E-state index contributed by atoms with van der Waals surface area (Å²) in [5.41, 5.74) is 0. The Morgan fingerprint density at radius 2 is 0.775 bits per heavy atom. The van der Waals surface area contributed by atoms with Gasteiger partial charge in [-0.3, -0.25) is 18.6 Å². The van der Waals surface area contributed by atoms with Crippen molar-refractivity contribution in [1.29, 1.82) is 0 Å². The Labute approximate surface area is 494 Å². The Morgan fingerprint density at radius 3 is 1.19 bits per heavy atom. The molecular formula is C70H126N2O7P+. The molecule has 0 saturated carbocycles. The number of hydrogen-bond acceptors (Lipinski definition) is 6. The third-order valence-corrected chi connectivity index (χ3v) is 15.2. The topological polar surface area (TPSA) is 111 Å². The Kier molecular flexibility index (Phi) is 56.8. The molecule has 0 aromatic heterocycles. The van der Waals surface area contributed by atoms with Crippen molar-refractivity contribution in [3.05, 3.63) is 97.2 Å². The molecule has 0 aromatic rings. The van der Waals surface area contributed by atoms with Crippen LogP contribution in [0.4, 0.5) is 0 Å². The molecule has 0 fully saturated rings. The van der Waals surface area contributed by atoms with Gasteiger partial charge in [0.25, 0.3) is 0 Å². The fourth-order valence-electron chi connectivity index (χ4n) is 9.12. The normalized spacial score (nSPS) is 14.2. The van der Waals surface area contributed by atoms with Gasteiger partial charge in [0.2, 0.25) is 5.91 Å². The molecule has 0 radical (unpaired) electrons. The van der Waals surface area contributed by atoms with Gasteiger partial charge >= 0.3 is 13.8 Å². The van der Waals surface area contributed by atoms with Crippen molar-refractivity contribution in [2.45, 2.75) is 296 Å². The number of carbonyl (C=O) groups is 2. The van der Waals surface area contributed by atoms with Crippen LogP contribution in [0.5, 0.6) is 0 Å². The summed E-state index contributed by atoms with van der Waals surface area (Å²) in [6.45, 7) is 6.92. The van der Waals surface area contributed by atoms with E-state index >= 15 is 0 Å². The molecule has 3 atom stereocenters. The second-order valence-corrected chi connectivity index (χ2v) is 24.7. The van der Waals surface area contributed by atoms with Gasteiger partial charge in [0.15, 0.2) is 0 Å². The first kappa shape index (κ1) is 76.9. The fraction of sp³-hybridized carbons (Fsp3) is 0.743. The average molecular weight is 1140 g/mol.